The molecule has 0 amide bonds. The molecule has 2 aromatic rings. The summed E-state index contributed by atoms with van der Waals surface area (Å²) in [6.45, 7) is 7.98. The molecule has 0 radical (unpaired) electrons. The van der Waals surface area contributed by atoms with Gasteiger partial charge in [-0.25, -0.2) is 4.79 Å². The Morgan fingerprint density at radius 2 is 1.93 bits per heavy atom. The van der Waals surface area contributed by atoms with Gasteiger partial charge in [-0.2, -0.15) is 0 Å². The molecule has 1 aliphatic rings. The molecule has 3 rings (SSSR count). The van der Waals surface area contributed by atoms with E-state index >= 15 is 0 Å². The molecular formula is C21H24O6. The van der Waals surface area contributed by atoms with Gasteiger partial charge in [-0.3, -0.25) is 0 Å². The number of hydrogen-bond acceptors (Lipinski definition) is 6. The monoisotopic (exact) mass is 372 g/mol. The minimum absolute atomic E-state index is 0.198. The molecule has 1 unspecified atom stereocenters. The van der Waals surface area contributed by atoms with Crippen LogP contribution in [0.15, 0.2) is 43.0 Å². The number of hydrogen-bond donors (Lipinski definition) is 0. The molecule has 0 bridgehead atoms. The first-order chi connectivity index (χ1) is 13.2. The summed E-state index contributed by atoms with van der Waals surface area (Å²) in [6.07, 6.45) is 1.34. The number of esters is 1. The van der Waals surface area contributed by atoms with E-state index in [0.29, 0.717) is 26.4 Å². The van der Waals surface area contributed by atoms with Crippen LogP contribution < -0.4 is 9.47 Å². The molecule has 0 aromatic heterocycles. The second-order valence-electron chi connectivity index (χ2n) is 6.17. The van der Waals surface area contributed by atoms with E-state index in [9.17, 15) is 4.79 Å². The molecule has 6 nitrogen and oxygen atoms in total. The number of aryl methyl sites for hydroxylation is 1. The van der Waals surface area contributed by atoms with Crippen LogP contribution in [0.1, 0.15) is 5.56 Å². The molecule has 1 atom stereocenters. The molecule has 0 saturated carbocycles. The van der Waals surface area contributed by atoms with Gasteiger partial charge in [0.2, 0.25) is 0 Å². The van der Waals surface area contributed by atoms with Crippen molar-refractivity contribution in [2.24, 2.45) is 0 Å². The van der Waals surface area contributed by atoms with Gasteiger partial charge in [0.05, 0.1) is 19.8 Å². The highest BCUT2D eigenvalue weighted by atomic mass is 16.6. The topological polar surface area (TPSA) is 66.5 Å². The third-order valence-corrected chi connectivity index (χ3v) is 4.08. The molecule has 6 heteroatoms. The molecule has 1 fully saturated rings. The van der Waals surface area contributed by atoms with E-state index < -0.39 is 5.97 Å². The van der Waals surface area contributed by atoms with Crippen molar-refractivity contribution in [2.75, 3.05) is 39.6 Å². The SMILES string of the molecule is C=CC(=O)OCCOCCOc1c(C)cc(OCC2CO2)c2ccccc12. The van der Waals surface area contributed by atoms with Gasteiger partial charge in [-0.1, -0.05) is 30.8 Å². The van der Waals surface area contributed by atoms with Crippen molar-refractivity contribution in [1.82, 2.24) is 0 Å². The number of epoxide rings is 1. The highest BCUT2D eigenvalue weighted by Crippen LogP contribution is 2.36. The van der Waals surface area contributed by atoms with Crippen LogP contribution >= 0.6 is 0 Å². The number of rotatable bonds is 11. The van der Waals surface area contributed by atoms with Crippen molar-refractivity contribution in [3.8, 4) is 11.5 Å². The Bertz CT molecular complexity index is 797. The summed E-state index contributed by atoms with van der Waals surface area (Å²) >= 11 is 0. The largest absolute Gasteiger partial charge is 0.490 e. The Morgan fingerprint density at radius 1 is 1.19 bits per heavy atom. The van der Waals surface area contributed by atoms with Gasteiger partial charge in [-0.15, -0.1) is 0 Å². The summed E-state index contributed by atoms with van der Waals surface area (Å²) in [6, 6.07) is 10.0. The maximum absolute atomic E-state index is 10.9. The lowest BCUT2D eigenvalue weighted by Crippen LogP contribution is -2.13. The predicted molar refractivity (Wildman–Crippen MR) is 101 cm³/mol. The molecule has 0 spiro atoms. The summed E-state index contributed by atoms with van der Waals surface area (Å²) in [5.41, 5.74) is 1.00. The van der Waals surface area contributed by atoms with Gasteiger partial charge in [0, 0.05) is 16.8 Å². The van der Waals surface area contributed by atoms with Crippen LogP contribution in [-0.4, -0.2) is 51.7 Å². The average molecular weight is 372 g/mol. The zero-order chi connectivity index (χ0) is 19.1. The average Bonchev–Trinajstić information content (AvgIpc) is 3.51. The Balaban J connectivity index is 1.56. The molecule has 27 heavy (non-hydrogen) atoms. The molecule has 144 valence electrons. The number of benzene rings is 2. The zero-order valence-electron chi connectivity index (χ0n) is 15.4. The Labute approximate surface area is 158 Å². The molecule has 1 aliphatic heterocycles. The van der Waals surface area contributed by atoms with E-state index in [1.807, 2.05) is 37.3 Å². The van der Waals surface area contributed by atoms with E-state index in [-0.39, 0.29) is 12.7 Å². The van der Waals surface area contributed by atoms with Crippen LogP contribution in [0.3, 0.4) is 0 Å². The number of carbonyl (C=O) groups is 1. The van der Waals surface area contributed by atoms with Crippen LogP contribution in [0.2, 0.25) is 0 Å². The number of fused-ring (bicyclic) bond motifs is 1. The maximum atomic E-state index is 10.9. The van der Waals surface area contributed by atoms with E-state index in [1.54, 1.807) is 0 Å². The van der Waals surface area contributed by atoms with E-state index in [1.165, 1.54) is 0 Å². The van der Waals surface area contributed by atoms with Crippen molar-refractivity contribution >= 4 is 16.7 Å². The lowest BCUT2D eigenvalue weighted by Gasteiger charge is -2.16. The normalized spacial score (nSPS) is 15.4. The van der Waals surface area contributed by atoms with Crippen molar-refractivity contribution in [3.05, 3.63) is 48.6 Å². The minimum Gasteiger partial charge on any atom is -0.490 e. The van der Waals surface area contributed by atoms with Crippen LogP contribution in [-0.2, 0) is 19.0 Å². The first kappa shape index (κ1) is 19.2. The van der Waals surface area contributed by atoms with E-state index in [2.05, 4.69) is 6.58 Å². The third kappa shape index (κ3) is 5.45. The number of carbonyl (C=O) groups excluding carboxylic acids is 1. The zero-order valence-corrected chi connectivity index (χ0v) is 15.4. The summed E-state index contributed by atoms with van der Waals surface area (Å²) in [5, 5.41) is 2.01. The first-order valence-electron chi connectivity index (χ1n) is 8.95. The predicted octanol–water partition coefficient (Wildman–Crippen LogP) is 3.05. The van der Waals surface area contributed by atoms with Gasteiger partial charge in [0.25, 0.3) is 0 Å². The van der Waals surface area contributed by atoms with Crippen LogP contribution in [0.25, 0.3) is 10.8 Å². The van der Waals surface area contributed by atoms with Gasteiger partial charge < -0.3 is 23.7 Å². The molecule has 0 aliphatic carbocycles. The van der Waals surface area contributed by atoms with Crippen LogP contribution in [0.5, 0.6) is 11.5 Å². The number of ether oxygens (including phenoxy) is 5. The van der Waals surface area contributed by atoms with E-state index in [4.69, 9.17) is 23.7 Å². The minimum atomic E-state index is -0.451. The molecule has 1 heterocycles. The van der Waals surface area contributed by atoms with Crippen molar-refractivity contribution < 1.29 is 28.5 Å². The highest BCUT2D eigenvalue weighted by molar-refractivity contribution is 5.94. The summed E-state index contributed by atoms with van der Waals surface area (Å²) in [5.74, 6) is 1.21. The highest BCUT2D eigenvalue weighted by Gasteiger charge is 2.23. The van der Waals surface area contributed by atoms with Crippen molar-refractivity contribution in [2.45, 2.75) is 13.0 Å². The molecular weight excluding hydrogens is 348 g/mol. The summed E-state index contributed by atoms with van der Waals surface area (Å²) in [7, 11) is 0. The summed E-state index contributed by atoms with van der Waals surface area (Å²) < 4.78 is 27.4. The van der Waals surface area contributed by atoms with Crippen molar-refractivity contribution in [3.63, 3.8) is 0 Å². The fourth-order valence-electron chi connectivity index (χ4n) is 2.67. The van der Waals surface area contributed by atoms with Crippen LogP contribution in [0.4, 0.5) is 0 Å². The van der Waals surface area contributed by atoms with Gasteiger partial charge in [0.1, 0.15) is 37.4 Å². The lowest BCUT2D eigenvalue weighted by atomic mass is 10.0. The van der Waals surface area contributed by atoms with Gasteiger partial charge in [0.15, 0.2) is 0 Å². The smallest absolute Gasteiger partial charge is 0.330 e. The quantitative estimate of drug-likeness (QED) is 0.261. The van der Waals surface area contributed by atoms with Gasteiger partial charge >= 0.3 is 5.97 Å². The fourth-order valence-corrected chi connectivity index (χ4v) is 2.67. The first-order valence-corrected chi connectivity index (χ1v) is 8.95. The van der Waals surface area contributed by atoms with Gasteiger partial charge in [-0.05, 0) is 18.6 Å². The maximum Gasteiger partial charge on any atom is 0.330 e. The molecule has 0 N–H and O–H groups in total. The second kappa shape index (κ2) is 9.39. The third-order valence-electron chi connectivity index (χ3n) is 4.08. The Morgan fingerprint density at radius 3 is 2.67 bits per heavy atom. The standard InChI is InChI=1S/C21H24O6/c1-3-20(22)24-10-8-23-9-11-25-21-15(2)12-19(27-14-16-13-26-16)17-6-4-5-7-18(17)21/h3-7,12,16H,1,8-11,13-14H2,2H3. The fraction of sp³-hybridized carbons (Fsp3) is 0.381. The molecule has 1 saturated heterocycles. The summed E-state index contributed by atoms with van der Waals surface area (Å²) in [4.78, 5) is 10.9. The molecule has 2 aromatic carbocycles. The van der Waals surface area contributed by atoms with Crippen molar-refractivity contribution in [1.29, 1.82) is 0 Å². The lowest BCUT2D eigenvalue weighted by molar-refractivity contribution is -0.139. The Kier molecular flexibility index (Phi) is 6.68. The Hall–Kier alpha value is -2.57. The second-order valence-corrected chi connectivity index (χ2v) is 6.17. The van der Waals surface area contributed by atoms with Crippen LogP contribution in [0, 0.1) is 6.92 Å². The van der Waals surface area contributed by atoms with E-state index in [0.717, 1.165) is 40.5 Å².